The van der Waals surface area contributed by atoms with Crippen molar-refractivity contribution in [1.82, 2.24) is 18.7 Å². The highest BCUT2D eigenvalue weighted by atomic mass is 15.4. The third-order valence-electron chi connectivity index (χ3n) is 17.5. The lowest BCUT2D eigenvalue weighted by molar-refractivity contribution is -0.745. The fourth-order valence-corrected chi connectivity index (χ4v) is 11.6. The Morgan fingerprint density at radius 3 is 1.39 bits per heavy atom. The van der Waals surface area contributed by atoms with Crippen LogP contribution in [0.25, 0.3) is 45.1 Å². The van der Waals surface area contributed by atoms with Crippen LogP contribution in [0.2, 0.25) is 0 Å². The minimum Gasteiger partial charge on any atom is -0.128 e. The minimum absolute atomic E-state index is 0.000226. The first-order valence-electron chi connectivity index (χ1n) is 26.9. The van der Waals surface area contributed by atoms with E-state index in [1.807, 2.05) is 25.4 Å². The Bertz CT molecular complexity index is 3680. The van der Waals surface area contributed by atoms with Gasteiger partial charge in [-0.05, 0) is 90.9 Å². The highest BCUT2D eigenvalue weighted by Crippen LogP contribution is 2.53. The molecule has 0 fully saturated rings. The van der Waals surface area contributed by atoms with Gasteiger partial charge in [-0.2, -0.15) is 0 Å². The predicted molar refractivity (Wildman–Crippen MR) is 310 cm³/mol. The van der Waals surface area contributed by atoms with Crippen LogP contribution in [0.1, 0.15) is 100 Å². The van der Waals surface area contributed by atoms with Crippen molar-refractivity contribution in [1.29, 1.82) is 0 Å². The van der Waals surface area contributed by atoms with Crippen molar-refractivity contribution in [3.05, 3.63) is 240 Å². The van der Waals surface area contributed by atoms with Gasteiger partial charge in [-0.1, -0.05) is 177 Å². The number of para-hydroxylation sites is 4. The van der Waals surface area contributed by atoms with Gasteiger partial charge in [-0.25, -0.2) is 0 Å². The Morgan fingerprint density at radius 1 is 0.368 bits per heavy atom. The van der Waals surface area contributed by atoms with Crippen LogP contribution in [0.4, 0.5) is 0 Å². The van der Waals surface area contributed by atoms with Gasteiger partial charge in [0.15, 0.2) is 40.6 Å². The molecule has 0 unspecified atom stereocenters. The van der Waals surface area contributed by atoms with Crippen molar-refractivity contribution in [2.45, 2.75) is 105 Å². The van der Waals surface area contributed by atoms with Gasteiger partial charge in [0.2, 0.25) is 11.9 Å². The van der Waals surface area contributed by atoms with E-state index in [-0.39, 0.29) is 21.7 Å². The van der Waals surface area contributed by atoms with Gasteiger partial charge in [0, 0.05) is 45.4 Å². The molecule has 0 saturated heterocycles. The summed E-state index contributed by atoms with van der Waals surface area (Å²) in [5.74, 6) is 0. The first-order chi connectivity index (χ1) is 36.1. The summed E-state index contributed by atoms with van der Waals surface area (Å²) in [7, 11) is 8.40. The molecule has 0 radical (unpaired) electrons. The highest BCUT2D eigenvalue weighted by molar-refractivity contribution is 5.70. The van der Waals surface area contributed by atoms with Gasteiger partial charge in [0.05, 0.1) is 23.7 Å². The lowest BCUT2D eigenvalue weighted by atomic mass is 9.59. The maximum absolute atomic E-state index is 2.43. The Labute approximate surface area is 453 Å². The van der Waals surface area contributed by atoms with E-state index in [2.05, 4.69) is 318 Å². The monoisotopic (exact) mass is 1010 g/mol. The van der Waals surface area contributed by atoms with Crippen LogP contribution in [0.5, 0.6) is 0 Å². The van der Waals surface area contributed by atoms with Gasteiger partial charge in [0.1, 0.15) is 28.4 Å². The summed E-state index contributed by atoms with van der Waals surface area (Å²) < 4.78 is 17.8. The van der Waals surface area contributed by atoms with Crippen LogP contribution in [0.3, 0.4) is 0 Å². The third kappa shape index (κ3) is 9.05. The second-order valence-electron chi connectivity index (χ2n) is 23.1. The molecule has 388 valence electrons. The summed E-state index contributed by atoms with van der Waals surface area (Å²) in [5.41, 5.74) is 21.4. The van der Waals surface area contributed by atoms with Crippen molar-refractivity contribution < 1.29 is 18.7 Å². The molecule has 6 heterocycles. The molecule has 0 amide bonds. The minimum atomic E-state index is 0.000226. The van der Waals surface area contributed by atoms with Crippen molar-refractivity contribution >= 4 is 0 Å². The zero-order chi connectivity index (χ0) is 54.5. The summed E-state index contributed by atoms with van der Waals surface area (Å²) in [5, 5.41) is 0. The van der Waals surface area contributed by atoms with Gasteiger partial charge in [-0.3, -0.25) is 0 Å². The van der Waals surface area contributed by atoms with Crippen LogP contribution in [-0.4, -0.2) is 18.7 Å². The smallest absolute Gasteiger partial charge is 0.128 e. The van der Waals surface area contributed by atoms with Crippen LogP contribution in [0, 0.1) is 27.7 Å². The molecule has 8 nitrogen and oxygen atoms in total. The van der Waals surface area contributed by atoms with Crippen molar-refractivity contribution in [3.8, 4) is 45.1 Å². The Balaban J connectivity index is 0.000000127. The number of nitrogens with zero attached hydrogens (tertiary/aromatic N) is 8. The molecule has 10 aromatic rings. The Hall–Kier alpha value is -7.84. The van der Waals surface area contributed by atoms with Crippen LogP contribution >= 0.6 is 0 Å². The topological polar surface area (TPSA) is 35.2 Å². The van der Waals surface area contributed by atoms with Gasteiger partial charge >= 0.3 is 0 Å². The normalized spacial score (nSPS) is 14.7. The Kier molecular flexibility index (Phi) is 14.2. The molecule has 2 aliphatic rings. The molecule has 6 aromatic carbocycles. The predicted octanol–water partition coefficient (Wildman–Crippen LogP) is 12.9. The lowest BCUT2D eigenvalue weighted by Crippen LogP contribution is -2.51. The summed E-state index contributed by atoms with van der Waals surface area (Å²) in [6.45, 7) is 27.7. The van der Waals surface area contributed by atoms with E-state index in [1.165, 1.54) is 89.9 Å². The first-order valence-corrected chi connectivity index (χ1v) is 26.9. The lowest BCUT2D eigenvalue weighted by Gasteiger charge is -2.46. The van der Waals surface area contributed by atoms with E-state index in [0.29, 0.717) is 0 Å². The number of aryl methyl sites for hydroxylation is 7. The zero-order valence-corrected chi connectivity index (χ0v) is 48.1. The fraction of sp³-hybridized carbons (Fsp3) is 0.294. The Morgan fingerprint density at radius 2 is 0.855 bits per heavy atom. The van der Waals surface area contributed by atoms with Crippen molar-refractivity contribution in [3.63, 3.8) is 0 Å². The van der Waals surface area contributed by atoms with Crippen LogP contribution in [0.15, 0.2) is 195 Å². The molecule has 4 aromatic heterocycles. The summed E-state index contributed by atoms with van der Waals surface area (Å²) >= 11 is 0. The fourth-order valence-electron chi connectivity index (χ4n) is 11.6. The number of aromatic nitrogens is 8. The number of hydrogen-bond donors (Lipinski definition) is 0. The number of hydrogen-bond acceptors (Lipinski definition) is 0. The molecule has 0 atom stereocenters. The second-order valence-corrected chi connectivity index (χ2v) is 23.1. The summed E-state index contributed by atoms with van der Waals surface area (Å²) in [4.78, 5) is 0. The number of rotatable bonds is 4. The van der Waals surface area contributed by atoms with E-state index < -0.39 is 0 Å². The van der Waals surface area contributed by atoms with Crippen molar-refractivity contribution in [2.75, 3.05) is 0 Å². The second kappa shape index (κ2) is 20.4. The summed E-state index contributed by atoms with van der Waals surface area (Å²) in [6.07, 6.45) is 10.7. The SMILES string of the molecule is Cc1cccc2c1-n1c(c(-c3ccccc3)c[n+]1C)C(C)(C)C2(C)C.Cc1cccc2c1-n1c(cc[n+]1C)C(C)(C)C2(C)C.Cc1ccccc1-n1ccc(-c2ccccc2)[n+]1C.Cc1ccccc1-n1ccc[n+]1C. The highest BCUT2D eigenvalue weighted by Gasteiger charge is 2.52. The molecule has 2 aliphatic heterocycles. The molecule has 76 heavy (non-hydrogen) atoms. The van der Waals surface area contributed by atoms with E-state index in [9.17, 15) is 0 Å². The van der Waals surface area contributed by atoms with Crippen LogP contribution < -0.4 is 18.7 Å². The molecule has 0 bridgehead atoms. The van der Waals surface area contributed by atoms with Gasteiger partial charge in [0.25, 0.3) is 0 Å². The molecular weight excluding hydrogens is 929 g/mol. The molecule has 12 rings (SSSR count). The molecular formula is C68H80N8+4. The molecule has 8 heteroatoms. The van der Waals surface area contributed by atoms with Gasteiger partial charge in [-0.15, -0.1) is 37.5 Å². The number of fused-ring (bicyclic) bond motifs is 6. The quantitative estimate of drug-likeness (QED) is 0.158. The van der Waals surface area contributed by atoms with Gasteiger partial charge < -0.3 is 0 Å². The largest absolute Gasteiger partial charge is 0.238 e. The van der Waals surface area contributed by atoms with Crippen LogP contribution in [-0.2, 0) is 49.9 Å². The summed E-state index contributed by atoms with van der Waals surface area (Å²) in [6, 6.07) is 57.8. The molecule has 0 N–H and O–H groups in total. The molecule has 0 saturated carbocycles. The standard InChI is InChI=1S/C23H27N2.C17H23N2.C17H17N2.C11H13N2/c1-16-11-10-14-19-20(16)25-21(23(4,5)22(19,2)3)18(15-24(25)6)17-12-8-7-9-13-17;1-12-8-7-9-13-15(12)19-14(10-11-18(19)6)17(4,5)16(13,2)3;1-14-8-6-7-11-16(14)19-13-12-17(18(19)2)15-9-4-3-5-10-15;1-10-6-3-4-7-11(10)13-9-5-8-12(13)2/h7-15H,1-6H3;7-11H,1-6H3;3-13H,1-2H3;3-9H,1-2H3/q4*+1. The average molecular weight is 1010 g/mol. The van der Waals surface area contributed by atoms with E-state index in [0.717, 1.165) is 0 Å². The first kappa shape index (κ1) is 53.0. The zero-order valence-electron chi connectivity index (χ0n) is 48.1. The molecule has 0 aliphatic carbocycles. The molecule has 0 spiro atoms. The average Bonchev–Trinajstić information content (AvgIpc) is 4.25. The van der Waals surface area contributed by atoms with E-state index in [1.54, 1.807) is 0 Å². The van der Waals surface area contributed by atoms with E-state index >= 15 is 0 Å². The third-order valence-corrected chi connectivity index (χ3v) is 17.5. The maximum Gasteiger partial charge on any atom is 0.238 e. The maximum atomic E-state index is 2.43. The van der Waals surface area contributed by atoms with Crippen molar-refractivity contribution in [2.24, 2.45) is 28.2 Å². The number of benzene rings is 6. The van der Waals surface area contributed by atoms with E-state index in [4.69, 9.17) is 0 Å².